The molecule has 0 aliphatic carbocycles. The lowest BCUT2D eigenvalue weighted by Gasteiger charge is -2.26. The zero-order valence-corrected chi connectivity index (χ0v) is 10.9. The zero-order chi connectivity index (χ0) is 12.3. The van der Waals surface area contributed by atoms with Gasteiger partial charge in [-0.3, -0.25) is 4.57 Å². The van der Waals surface area contributed by atoms with E-state index in [-0.39, 0.29) is 11.5 Å². The molecular weight excluding hydrogens is 202 g/mol. The summed E-state index contributed by atoms with van der Waals surface area (Å²) < 4.78 is 2.04. The Hall–Kier alpha value is -1.10. The van der Waals surface area contributed by atoms with Gasteiger partial charge in [-0.15, -0.1) is 10.2 Å². The number of hydrogen-bond donors (Lipinski definition) is 2. The highest BCUT2D eigenvalue weighted by atomic mass is 15.4. The third-order valence-electron chi connectivity index (χ3n) is 2.64. The van der Waals surface area contributed by atoms with Crippen LogP contribution >= 0.6 is 0 Å². The van der Waals surface area contributed by atoms with Crippen molar-refractivity contribution < 1.29 is 0 Å². The van der Waals surface area contributed by atoms with Crippen molar-refractivity contribution >= 4 is 5.95 Å². The van der Waals surface area contributed by atoms with E-state index in [4.69, 9.17) is 5.73 Å². The third-order valence-corrected chi connectivity index (χ3v) is 2.64. The van der Waals surface area contributed by atoms with Gasteiger partial charge < -0.3 is 11.1 Å². The van der Waals surface area contributed by atoms with Crippen molar-refractivity contribution in [2.45, 2.75) is 47.2 Å². The van der Waals surface area contributed by atoms with Crippen LogP contribution in [0.2, 0.25) is 0 Å². The van der Waals surface area contributed by atoms with E-state index >= 15 is 0 Å². The van der Waals surface area contributed by atoms with Gasteiger partial charge >= 0.3 is 0 Å². The number of nitrogens with zero attached hydrogens (tertiary/aromatic N) is 3. The summed E-state index contributed by atoms with van der Waals surface area (Å²) in [7, 11) is 0. The average molecular weight is 225 g/mol. The number of rotatable bonds is 4. The van der Waals surface area contributed by atoms with Gasteiger partial charge in [0.1, 0.15) is 0 Å². The van der Waals surface area contributed by atoms with Crippen LogP contribution in [-0.2, 0) is 6.54 Å². The van der Waals surface area contributed by atoms with Gasteiger partial charge in [-0.1, -0.05) is 20.8 Å². The monoisotopic (exact) mass is 225 g/mol. The van der Waals surface area contributed by atoms with Crippen molar-refractivity contribution in [3.8, 4) is 0 Å². The van der Waals surface area contributed by atoms with Gasteiger partial charge in [-0.05, 0) is 19.3 Å². The van der Waals surface area contributed by atoms with Gasteiger partial charge in [0, 0.05) is 13.1 Å². The topological polar surface area (TPSA) is 68.8 Å². The van der Waals surface area contributed by atoms with E-state index in [1.807, 2.05) is 11.5 Å². The smallest absolute Gasteiger partial charge is 0.224 e. The molecule has 0 bridgehead atoms. The third kappa shape index (κ3) is 2.52. The lowest BCUT2D eigenvalue weighted by atomic mass is 9.87. The molecule has 0 aliphatic heterocycles. The molecule has 1 aromatic rings. The first-order valence-electron chi connectivity index (χ1n) is 5.84. The highest BCUT2D eigenvalue weighted by Crippen LogP contribution is 2.30. The van der Waals surface area contributed by atoms with E-state index < -0.39 is 0 Å². The molecular formula is C11H23N5. The molecule has 1 rings (SSSR count). The van der Waals surface area contributed by atoms with E-state index in [9.17, 15) is 0 Å². The normalized spacial score (nSPS) is 13.9. The lowest BCUT2D eigenvalue weighted by Crippen LogP contribution is -2.29. The molecule has 5 heteroatoms. The Morgan fingerprint density at radius 3 is 2.38 bits per heavy atom. The van der Waals surface area contributed by atoms with Gasteiger partial charge in [-0.25, -0.2) is 0 Å². The second-order valence-corrected chi connectivity index (χ2v) is 5.00. The quantitative estimate of drug-likeness (QED) is 0.819. The van der Waals surface area contributed by atoms with Crippen LogP contribution in [0, 0.1) is 5.41 Å². The highest BCUT2D eigenvalue weighted by molar-refractivity contribution is 5.26. The van der Waals surface area contributed by atoms with Gasteiger partial charge in [0.15, 0.2) is 5.82 Å². The molecule has 0 saturated heterocycles. The zero-order valence-electron chi connectivity index (χ0n) is 10.9. The van der Waals surface area contributed by atoms with Crippen LogP contribution in [0.25, 0.3) is 0 Å². The number of hydrogen-bond acceptors (Lipinski definition) is 4. The molecule has 1 atom stereocenters. The maximum absolute atomic E-state index is 6.21. The summed E-state index contributed by atoms with van der Waals surface area (Å²) in [6, 6.07) is -0.104. The minimum Gasteiger partial charge on any atom is -0.355 e. The predicted molar refractivity (Wildman–Crippen MR) is 66.2 cm³/mol. The molecule has 0 unspecified atom stereocenters. The maximum atomic E-state index is 6.21. The standard InChI is InChI=1S/C11H23N5/c1-6-13-10-15-14-9(16(10)7-2)8(12)11(3,4)5/h8H,6-7,12H2,1-5H3,(H,13,15)/t8-/m0/s1. The first-order valence-corrected chi connectivity index (χ1v) is 5.84. The largest absolute Gasteiger partial charge is 0.355 e. The summed E-state index contributed by atoms with van der Waals surface area (Å²) in [6.45, 7) is 12.1. The van der Waals surface area contributed by atoms with Crippen LogP contribution in [0.4, 0.5) is 5.95 Å². The van der Waals surface area contributed by atoms with Crippen molar-refractivity contribution in [2.24, 2.45) is 11.1 Å². The van der Waals surface area contributed by atoms with E-state index in [1.54, 1.807) is 0 Å². The molecule has 0 aromatic carbocycles. The second-order valence-electron chi connectivity index (χ2n) is 5.00. The number of nitrogens with one attached hydrogen (secondary N) is 1. The van der Waals surface area contributed by atoms with Crippen LogP contribution < -0.4 is 11.1 Å². The number of anilines is 1. The summed E-state index contributed by atoms with van der Waals surface area (Å²) in [5.74, 6) is 1.66. The highest BCUT2D eigenvalue weighted by Gasteiger charge is 2.27. The summed E-state index contributed by atoms with van der Waals surface area (Å²) in [5.41, 5.74) is 6.20. The molecule has 92 valence electrons. The van der Waals surface area contributed by atoms with Crippen molar-refractivity contribution in [3.63, 3.8) is 0 Å². The Morgan fingerprint density at radius 1 is 1.31 bits per heavy atom. The Balaban J connectivity index is 3.05. The summed E-state index contributed by atoms with van der Waals surface area (Å²) in [5, 5.41) is 11.5. The van der Waals surface area contributed by atoms with E-state index in [1.165, 1.54) is 0 Å². The van der Waals surface area contributed by atoms with Crippen LogP contribution in [0.15, 0.2) is 0 Å². The predicted octanol–water partition coefficient (Wildman–Crippen LogP) is 1.78. The summed E-state index contributed by atoms with van der Waals surface area (Å²) in [6.07, 6.45) is 0. The van der Waals surface area contributed by atoms with E-state index in [0.29, 0.717) is 0 Å². The van der Waals surface area contributed by atoms with Crippen LogP contribution in [0.3, 0.4) is 0 Å². The molecule has 5 nitrogen and oxygen atoms in total. The molecule has 3 N–H and O–H groups in total. The summed E-state index contributed by atoms with van der Waals surface area (Å²) in [4.78, 5) is 0. The molecule has 1 heterocycles. The minimum absolute atomic E-state index is 0.0105. The van der Waals surface area contributed by atoms with Gasteiger partial charge in [-0.2, -0.15) is 0 Å². The van der Waals surface area contributed by atoms with Gasteiger partial charge in [0.05, 0.1) is 6.04 Å². The molecule has 0 radical (unpaired) electrons. The van der Waals surface area contributed by atoms with Crippen molar-refractivity contribution in [3.05, 3.63) is 5.82 Å². The summed E-state index contributed by atoms with van der Waals surface area (Å²) >= 11 is 0. The van der Waals surface area contributed by atoms with Crippen molar-refractivity contribution in [1.82, 2.24) is 14.8 Å². The first-order chi connectivity index (χ1) is 7.41. The molecule has 0 fully saturated rings. The van der Waals surface area contributed by atoms with Crippen LogP contribution in [0.5, 0.6) is 0 Å². The average Bonchev–Trinajstić information content (AvgIpc) is 2.58. The van der Waals surface area contributed by atoms with Crippen molar-refractivity contribution in [1.29, 1.82) is 0 Å². The number of aromatic nitrogens is 3. The Labute approximate surface area is 97.4 Å². The lowest BCUT2D eigenvalue weighted by molar-refractivity contribution is 0.308. The molecule has 0 saturated carbocycles. The minimum atomic E-state index is -0.104. The molecule has 0 amide bonds. The SMILES string of the molecule is CCNc1nnc([C@H](N)C(C)(C)C)n1CC. The van der Waals surface area contributed by atoms with Crippen molar-refractivity contribution in [2.75, 3.05) is 11.9 Å². The Morgan fingerprint density at radius 2 is 1.94 bits per heavy atom. The first kappa shape index (κ1) is 13.0. The fraction of sp³-hybridized carbons (Fsp3) is 0.818. The molecule has 16 heavy (non-hydrogen) atoms. The Kier molecular flexibility index (Phi) is 3.91. The Bertz CT molecular complexity index is 337. The fourth-order valence-electron chi connectivity index (χ4n) is 1.53. The van der Waals surface area contributed by atoms with Crippen LogP contribution in [-0.4, -0.2) is 21.3 Å². The fourth-order valence-corrected chi connectivity index (χ4v) is 1.53. The van der Waals surface area contributed by atoms with Gasteiger partial charge in [0.2, 0.25) is 5.95 Å². The maximum Gasteiger partial charge on any atom is 0.224 e. The van der Waals surface area contributed by atoms with E-state index in [2.05, 4.69) is 43.2 Å². The number of nitrogens with two attached hydrogens (primary N) is 1. The molecule has 0 aliphatic rings. The van der Waals surface area contributed by atoms with Crippen LogP contribution in [0.1, 0.15) is 46.5 Å². The van der Waals surface area contributed by atoms with Gasteiger partial charge in [0.25, 0.3) is 0 Å². The second kappa shape index (κ2) is 4.82. The van der Waals surface area contributed by atoms with E-state index in [0.717, 1.165) is 24.9 Å². The molecule has 0 spiro atoms. The molecule has 1 aromatic heterocycles.